The predicted molar refractivity (Wildman–Crippen MR) is 68.5 cm³/mol. The lowest BCUT2D eigenvalue weighted by Crippen LogP contribution is -2.36. The first-order valence-corrected chi connectivity index (χ1v) is 6.77. The number of hydrogen-bond acceptors (Lipinski definition) is 5. The van der Waals surface area contributed by atoms with Gasteiger partial charge in [-0.05, 0) is 12.7 Å². The maximum atomic E-state index is 11.6. The Hall–Kier alpha value is -1.08. The van der Waals surface area contributed by atoms with Gasteiger partial charge in [0.15, 0.2) is 0 Å². The summed E-state index contributed by atoms with van der Waals surface area (Å²) in [5, 5.41) is 10.5. The third kappa shape index (κ3) is 5.18. The van der Waals surface area contributed by atoms with E-state index in [9.17, 15) is 4.79 Å². The van der Waals surface area contributed by atoms with Crippen LogP contribution < -0.4 is 11.1 Å². The molecule has 0 fully saturated rings. The van der Waals surface area contributed by atoms with Crippen LogP contribution in [0.1, 0.15) is 19.5 Å². The Labute approximate surface area is 105 Å². The quantitative estimate of drug-likeness (QED) is 0.718. The number of rotatable bonds is 7. The summed E-state index contributed by atoms with van der Waals surface area (Å²) in [6, 6.07) is 0.171. The molecule has 0 aliphatic rings. The molecule has 1 rings (SSSR count). The van der Waals surface area contributed by atoms with Gasteiger partial charge in [0, 0.05) is 18.3 Å². The van der Waals surface area contributed by atoms with Crippen LogP contribution in [0.15, 0.2) is 6.20 Å². The van der Waals surface area contributed by atoms with Crippen LogP contribution in [0.4, 0.5) is 0 Å². The van der Waals surface area contributed by atoms with E-state index in [0.29, 0.717) is 12.2 Å². The van der Waals surface area contributed by atoms with Crippen LogP contribution in [0, 0.1) is 0 Å². The first-order chi connectivity index (χ1) is 8.15. The van der Waals surface area contributed by atoms with Gasteiger partial charge in [0.05, 0.1) is 11.9 Å². The molecule has 1 amide bonds. The second kappa shape index (κ2) is 7.29. The van der Waals surface area contributed by atoms with E-state index in [1.165, 1.54) is 4.68 Å². The molecule has 0 saturated heterocycles. The highest BCUT2D eigenvalue weighted by molar-refractivity contribution is 7.99. The highest BCUT2D eigenvalue weighted by Gasteiger charge is 2.08. The number of nitrogens with two attached hydrogens (primary N) is 1. The molecule has 1 aromatic heterocycles. The third-order valence-electron chi connectivity index (χ3n) is 2.08. The molecule has 1 aromatic rings. The maximum absolute atomic E-state index is 11.6. The summed E-state index contributed by atoms with van der Waals surface area (Å²) in [5.74, 6) is 1.93. The Morgan fingerprint density at radius 2 is 2.47 bits per heavy atom. The molecule has 0 aliphatic carbocycles. The van der Waals surface area contributed by atoms with Gasteiger partial charge >= 0.3 is 0 Å². The van der Waals surface area contributed by atoms with Gasteiger partial charge in [0.2, 0.25) is 5.91 Å². The second-order valence-corrected chi connectivity index (χ2v) is 5.06. The van der Waals surface area contributed by atoms with E-state index >= 15 is 0 Å². The highest BCUT2D eigenvalue weighted by atomic mass is 32.2. The van der Waals surface area contributed by atoms with Crippen LogP contribution in [0.3, 0.4) is 0 Å². The van der Waals surface area contributed by atoms with Crippen molar-refractivity contribution in [3.8, 4) is 0 Å². The van der Waals surface area contributed by atoms with E-state index in [0.717, 1.165) is 11.5 Å². The molecule has 1 heterocycles. The molecular formula is C10H19N5OS. The molecule has 0 radical (unpaired) electrons. The van der Waals surface area contributed by atoms with E-state index in [4.69, 9.17) is 5.73 Å². The number of hydrogen-bond donors (Lipinski definition) is 2. The molecule has 3 N–H and O–H groups in total. The average Bonchev–Trinajstić information content (AvgIpc) is 2.73. The summed E-state index contributed by atoms with van der Waals surface area (Å²) in [4.78, 5) is 11.6. The van der Waals surface area contributed by atoms with Gasteiger partial charge in [-0.25, -0.2) is 4.68 Å². The summed E-state index contributed by atoms with van der Waals surface area (Å²) in [5.41, 5.74) is 6.10. The minimum Gasteiger partial charge on any atom is -0.351 e. The fourth-order valence-corrected chi connectivity index (χ4v) is 1.99. The predicted octanol–water partition coefficient (Wildman–Crippen LogP) is -0.00540. The second-order valence-electron chi connectivity index (χ2n) is 3.74. The number of nitrogens with zero attached hydrogens (tertiary/aromatic N) is 3. The van der Waals surface area contributed by atoms with E-state index in [-0.39, 0.29) is 18.5 Å². The number of amides is 1. The number of carbonyl (C=O) groups is 1. The van der Waals surface area contributed by atoms with Crippen molar-refractivity contribution in [1.82, 2.24) is 20.3 Å². The van der Waals surface area contributed by atoms with Crippen molar-refractivity contribution in [2.75, 3.05) is 11.5 Å². The van der Waals surface area contributed by atoms with Crippen LogP contribution in [-0.2, 0) is 17.9 Å². The Balaban J connectivity index is 2.33. The number of aromatic nitrogens is 3. The van der Waals surface area contributed by atoms with Gasteiger partial charge in [-0.2, -0.15) is 11.8 Å². The zero-order valence-electron chi connectivity index (χ0n) is 10.2. The van der Waals surface area contributed by atoms with Crippen LogP contribution in [0.2, 0.25) is 0 Å². The van der Waals surface area contributed by atoms with E-state index < -0.39 is 0 Å². The maximum Gasteiger partial charge on any atom is 0.242 e. The molecular weight excluding hydrogens is 238 g/mol. The van der Waals surface area contributed by atoms with Crippen molar-refractivity contribution < 1.29 is 4.79 Å². The molecule has 17 heavy (non-hydrogen) atoms. The van der Waals surface area contributed by atoms with Gasteiger partial charge in [-0.3, -0.25) is 4.79 Å². The average molecular weight is 257 g/mol. The molecule has 0 saturated carbocycles. The highest BCUT2D eigenvalue weighted by Crippen LogP contribution is 2.01. The first kappa shape index (κ1) is 14.0. The molecule has 0 aromatic carbocycles. The van der Waals surface area contributed by atoms with Gasteiger partial charge < -0.3 is 11.1 Å². The summed E-state index contributed by atoms with van der Waals surface area (Å²) in [7, 11) is 0. The Morgan fingerprint density at radius 3 is 3.06 bits per heavy atom. The lowest BCUT2D eigenvalue weighted by atomic mass is 10.4. The fraction of sp³-hybridized carbons (Fsp3) is 0.700. The molecule has 7 heteroatoms. The minimum absolute atomic E-state index is 0.0531. The molecule has 0 spiro atoms. The van der Waals surface area contributed by atoms with Crippen molar-refractivity contribution >= 4 is 17.7 Å². The van der Waals surface area contributed by atoms with Gasteiger partial charge in [-0.1, -0.05) is 12.1 Å². The summed E-state index contributed by atoms with van der Waals surface area (Å²) in [6.07, 6.45) is 1.69. The van der Waals surface area contributed by atoms with Gasteiger partial charge in [0.1, 0.15) is 6.54 Å². The molecule has 6 nitrogen and oxygen atoms in total. The van der Waals surface area contributed by atoms with Crippen molar-refractivity contribution in [3.63, 3.8) is 0 Å². The topological polar surface area (TPSA) is 85.8 Å². The summed E-state index contributed by atoms with van der Waals surface area (Å²) < 4.78 is 1.50. The summed E-state index contributed by atoms with van der Waals surface area (Å²) in [6.45, 7) is 4.62. The van der Waals surface area contributed by atoms with E-state index in [1.807, 2.05) is 6.92 Å². The van der Waals surface area contributed by atoms with Crippen molar-refractivity contribution in [2.24, 2.45) is 5.73 Å². The lowest BCUT2D eigenvalue weighted by Gasteiger charge is -2.12. The third-order valence-corrected chi connectivity index (χ3v) is 3.22. The molecule has 96 valence electrons. The monoisotopic (exact) mass is 257 g/mol. The molecule has 0 bridgehead atoms. The largest absolute Gasteiger partial charge is 0.351 e. The van der Waals surface area contributed by atoms with Crippen LogP contribution in [0.5, 0.6) is 0 Å². The molecule has 1 unspecified atom stereocenters. The Morgan fingerprint density at radius 1 is 1.71 bits per heavy atom. The summed E-state index contributed by atoms with van der Waals surface area (Å²) >= 11 is 1.81. The molecule has 0 aliphatic heterocycles. The number of carbonyl (C=O) groups excluding carboxylic acids is 1. The zero-order chi connectivity index (χ0) is 12.7. The first-order valence-electron chi connectivity index (χ1n) is 5.61. The van der Waals surface area contributed by atoms with Crippen molar-refractivity contribution in [3.05, 3.63) is 11.9 Å². The fourth-order valence-electron chi connectivity index (χ4n) is 1.31. The SMILES string of the molecule is CCSCC(C)NC(=O)Cn1cc(CN)nn1. The van der Waals surface area contributed by atoms with E-state index in [2.05, 4.69) is 22.6 Å². The van der Waals surface area contributed by atoms with E-state index in [1.54, 1.807) is 18.0 Å². The van der Waals surface area contributed by atoms with Gasteiger partial charge in [0.25, 0.3) is 0 Å². The molecule has 1 atom stereocenters. The lowest BCUT2D eigenvalue weighted by molar-refractivity contribution is -0.122. The van der Waals surface area contributed by atoms with Crippen LogP contribution in [0.25, 0.3) is 0 Å². The smallest absolute Gasteiger partial charge is 0.242 e. The van der Waals surface area contributed by atoms with Crippen molar-refractivity contribution in [1.29, 1.82) is 0 Å². The number of nitrogens with one attached hydrogen (secondary N) is 1. The van der Waals surface area contributed by atoms with Crippen molar-refractivity contribution in [2.45, 2.75) is 33.0 Å². The Bertz CT molecular complexity index is 354. The number of thioether (sulfide) groups is 1. The van der Waals surface area contributed by atoms with Crippen LogP contribution in [-0.4, -0.2) is 38.4 Å². The Kier molecular flexibility index (Phi) is 5.99. The normalized spacial score (nSPS) is 12.4. The zero-order valence-corrected chi connectivity index (χ0v) is 11.0. The minimum atomic E-state index is -0.0531. The van der Waals surface area contributed by atoms with Crippen LogP contribution >= 0.6 is 11.8 Å². The standard InChI is InChI=1S/C10H19N5OS/c1-3-17-7-8(2)12-10(16)6-15-5-9(4-11)13-14-15/h5,8H,3-4,6-7,11H2,1-2H3,(H,12,16). The van der Waals surface area contributed by atoms with Gasteiger partial charge in [-0.15, -0.1) is 5.10 Å².